The van der Waals surface area contributed by atoms with Crippen molar-refractivity contribution >= 4 is 59.5 Å². The molecule has 0 unspecified atom stereocenters. The highest BCUT2D eigenvalue weighted by Gasteiger charge is 2.21. The smallest absolute Gasteiger partial charge is 0.268 e. The van der Waals surface area contributed by atoms with E-state index in [9.17, 15) is 26.4 Å². The molecule has 0 aliphatic heterocycles. The number of hydrogen-bond donors (Lipinski definition) is 4. The van der Waals surface area contributed by atoms with Gasteiger partial charge in [0.2, 0.25) is 10.0 Å². The third-order valence-electron chi connectivity index (χ3n) is 4.40. The lowest BCUT2D eigenvalue weighted by Crippen LogP contribution is -2.29. The topological polar surface area (TPSA) is 187 Å². The lowest BCUT2D eigenvalue weighted by molar-refractivity contribution is 0.0992. The van der Waals surface area contributed by atoms with Crippen molar-refractivity contribution in [2.75, 3.05) is 29.9 Å². The number of ether oxygens (including phenoxy) is 1. The van der Waals surface area contributed by atoms with Gasteiger partial charge in [-0.05, 0) is 42.5 Å². The lowest BCUT2D eigenvalue weighted by Gasteiger charge is -2.14. The van der Waals surface area contributed by atoms with Crippen LogP contribution in [-0.4, -0.2) is 52.9 Å². The molecular formula is C20H21N5O7S3. The van der Waals surface area contributed by atoms with Gasteiger partial charge in [0.15, 0.2) is 15.0 Å². The summed E-state index contributed by atoms with van der Waals surface area (Å²) in [5.41, 5.74) is 5.85. The second-order valence-electron chi connectivity index (χ2n) is 7.14. The zero-order valence-corrected chi connectivity index (χ0v) is 20.9. The summed E-state index contributed by atoms with van der Waals surface area (Å²) in [5, 5.41) is 7.02. The molecule has 0 aliphatic carbocycles. The van der Waals surface area contributed by atoms with Crippen LogP contribution in [0, 0.1) is 0 Å². The van der Waals surface area contributed by atoms with E-state index in [1.54, 1.807) is 24.3 Å². The van der Waals surface area contributed by atoms with Crippen LogP contribution < -0.4 is 25.8 Å². The van der Waals surface area contributed by atoms with Crippen molar-refractivity contribution < 1.29 is 31.2 Å². The van der Waals surface area contributed by atoms with Gasteiger partial charge in [-0.15, -0.1) is 11.3 Å². The number of hydrogen-bond acceptors (Lipinski definition) is 10. The Labute approximate surface area is 205 Å². The highest BCUT2D eigenvalue weighted by atomic mass is 32.2. The van der Waals surface area contributed by atoms with Gasteiger partial charge in [0.1, 0.15) is 17.3 Å². The first-order valence-electron chi connectivity index (χ1n) is 9.67. The molecule has 3 rings (SSSR count). The molecular weight excluding hydrogens is 518 g/mol. The summed E-state index contributed by atoms with van der Waals surface area (Å²) in [4.78, 5) is 27.9. The molecule has 0 fully saturated rings. The van der Waals surface area contributed by atoms with Gasteiger partial charge in [-0.2, -0.15) is 4.72 Å². The van der Waals surface area contributed by atoms with Gasteiger partial charge in [0.25, 0.3) is 11.8 Å². The molecule has 5 N–H and O–H groups in total. The fourth-order valence-electron chi connectivity index (χ4n) is 2.70. The molecule has 186 valence electrons. The highest BCUT2D eigenvalue weighted by molar-refractivity contribution is 7.93. The molecule has 0 saturated carbocycles. The number of anilines is 3. The van der Waals surface area contributed by atoms with E-state index >= 15 is 0 Å². The molecule has 3 aromatic rings. The van der Waals surface area contributed by atoms with Crippen molar-refractivity contribution in [3.05, 3.63) is 59.1 Å². The number of amides is 2. The highest BCUT2D eigenvalue weighted by Crippen LogP contribution is 2.27. The Morgan fingerprint density at radius 3 is 2.34 bits per heavy atom. The minimum atomic E-state index is -4.21. The van der Waals surface area contributed by atoms with Crippen LogP contribution in [0.15, 0.2) is 52.7 Å². The first-order chi connectivity index (χ1) is 16.4. The number of benzene rings is 2. The minimum absolute atomic E-state index is 0.0136. The van der Waals surface area contributed by atoms with Crippen LogP contribution in [0.25, 0.3) is 0 Å². The molecule has 12 nitrogen and oxygen atoms in total. The normalized spacial score (nSPS) is 11.6. The Kier molecular flexibility index (Phi) is 7.74. The third kappa shape index (κ3) is 6.98. The maximum atomic E-state index is 13.0. The number of carbonyl (C=O) groups is 2. The van der Waals surface area contributed by atoms with Crippen LogP contribution in [0.2, 0.25) is 0 Å². The van der Waals surface area contributed by atoms with Gasteiger partial charge in [0, 0.05) is 17.3 Å². The Bertz CT molecular complexity index is 1470. The van der Waals surface area contributed by atoms with Gasteiger partial charge >= 0.3 is 0 Å². The number of rotatable bonds is 10. The summed E-state index contributed by atoms with van der Waals surface area (Å²) in [6, 6.07) is 10.3. The van der Waals surface area contributed by atoms with Crippen molar-refractivity contribution in [3.8, 4) is 5.75 Å². The summed E-state index contributed by atoms with van der Waals surface area (Å²) in [7, 11) is -6.32. The second kappa shape index (κ2) is 10.4. The molecule has 2 aromatic carbocycles. The van der Waals surface area contributed by atoms with Crippen LogP contribution >= 0.6 is 11.3 Å². The molecule has 15 heteroatoms. The number of sulfone groups is 1. The molecule has 0 radical (unpaired) electrons. The van der Waals surface area contributed by atoms with Crippen molar-refractivity contribution in [3.63, 3.8) is 0 Å². The Balaban J connectivity index is 1.97. The van der Waals surface area contributed by atoms with Crippen LogP contribution in [0.5, 0.6) is 5.75 Å². The van der Waals surface area contributed by atoms with E-state index in [0.717, 1.165) is 23.7 Å². The first kappa shape index (κ1) is 26.1. The SMILES string of the molecule is COc1ccc(Nc2cc(S(=O)(=O)NCS(C)(=O)=O)ccc2C(=O)Nc2nc(C(N)=O)cs2)cc1. The molecule has 0 bridgehead atoms. The number of methoxy groups -OCH3 is 1. The molecule has 0 saturated heterocycles. The standard InChI is InChI=1S/C20H21N5O7S3/c1-32-13-5-3-12(4-6-13)23-16-9-14(35(30,31)22-11-34(2,28)29)7-8-15(16)19(27)25-20-24-17(10-33-20)18(21)26/h3-10,22-23H,11H2,1-2H3,(H2,21,26)(H,24,25,27). The van der Waals surface area contributed by atoms with E-state index < -0.39 is 37.6 Å². The van der Waals surface area contributed by atoms with E-state index in [1.165, 1.54) is 24.6 Å². The largest absolute Gasteiger partial charge is 0.497 e. The van der Waals surface area contributed by atoms with E-state index in [2.05, 4.69) is 15.6 Å². The van der Waals surface area contributed by atoms with Crippen molar-refractivity contribution in [2.24, 2.45) is 5.73 Å². The van der Waals surface area contributed by atoms with E-state index in [-0.39, 0.29) is 27.0 Å². The predicted octanol–water partition coefficient (Wildman–Crippen LogP) is 1.53. The molecule has 0 atom stereocenters. The summed E-state index contributed by atoms with van der Waals surface area (Å²) in [6.07, 6.45) is 0.891. The van der Waals surface area contributed by atoms with Crippen molar-refractivity contribution in [2.45, 2.75) is 4.90 Å². The number of nitrogens with one attached hydrogen (secondary N) is 3. The summed E-state index contributed by atoms with van der Waals surface area (Å²) in [5.74, 6) is -1.59. The molecule has 2 amide bonds. The molecule has 1 aromatic heterocycles. The maximum absolute atomic E-state index is 13.0. The summed E-state index contributed by atoms with van der Waals surface area (Å²) >= 11 is 0.990. The van der Waals surface area contributed by atoms with Gasteiger partial charge < -0.3 is 15.8 Å². The summed E-state index contributed by atoms with van der Waals surface area (Å²) in [6.45, 7) is 0. The number of thiazole rings is 1. The average molecular weight is 540 g/mol. The Hall–Kier alpha value is -3.53. The number of carbonyl (C=O) groups excluding carboxylic acids is 2. The van der Waals surface area contributed by atoms with Crippen LogP contribution in [0.4, 0.5) is 16.5 Å². The number of sulfonamides is 1. The average Bonchev–Trinajstić information content (AvgIpc) is 3.26. The number of nitrogens with two attached hydrogens (primary N) is 1. The van der Waals surface area contributed by atoms with E-state index in [4.69, 9.17) is 10.5 Å². The monoisotopic (exact) mass is 539 g/mol. The molecule has 1 heterocycles. The number of primary amides is 1. The van der Waals surface area contributed by atoms with E-state index in [1.807, 2.05) is 4.72 Å². The van der Waals surface area contributed by atoms with Gasteiger partial charge in [0.05, 0.1) is 23.3 Å². The van der Waals surface area contributed by atoms with Crippen LogP contribution in [0.1, 0.15) is 20.8 Å². The third-order valence-corrected chi connectivity index (χ3v) is 7.41. The summed E-state index contributed by atoms with van der Waals surface area (Å²) < 4.78 is 55.2. The zero-order valence-electron chi connectivity index (χ0n) is 18.4. The van der Waals surface area contributed by atoms with Gasteiger partial charge in [-0.1, -0.05) is 0 Å². The Morgan fingerprint density at radius 1 is 1.09 bits per heavy atom. The lowest BCUT2D eigenvalue weighted by atomic mass is 10.1. The van der Waals surface area contributed by atoms with Crippen molar-refractivity contribution in [1.82, 2.24) is 9.71 Å². The fraction of sp³-hybridized carbons (Fsp3) is 0.150. The first-order valence-corrected chi connectivity index (χ1v) is 14.1. The fourth-order valence-corrected chi connectivity index (χ4v) is 5.56. The second-order valence-corrected chi connectivity index (χ2v) is 11.9. The van der Waals surface area contributed by atoms with Crippen molar-refractivity contribution in [1.29, 1.82) is 0 Å². The Morgan fingerprint density at radius 2 is 1.77 bits per heavy atom. The minimum Gasteiger partial charge on any atom is -0.497 e. The number of aromatic nitrogens is 1. The molecule has 35 heavy (non-hydrogen) atoms. The van der Waals surface area contributed by atoms with Gasteiger partial charge in [-0.25, -0.2) is 21.8 Å². The van der Waals surface area contributed by atoms with Gasteiger partial charge in [-0.3, -0.25) is 14.9 Å². The van der Waals surface area contributed by atoms with E-state index in [0.29, 0.717) is 11.4 Å². The quantitative estimate of drug-likeness (QED) is 0.296. The van der Waals surface area contributed by atoms with Crippen LogP contribution in [0.3, 0.4) is 0 Å². The molecule has 0 aliphatic rings. The predicted molar refractivity (Wildman–Crippen MR) is 131 cm³/mol. The molecule has 0 spiro atoms. The van der Waals surface area contributed by atoms with Crippen LogP contribution in [-0.2, 0) is 19.9 Å². The maximum Gasteiger partial charge on any atom is 0.268 e. The number of nitrogens with zero attached hydrogens (tertiary/aromatic N) is 1. The zero-order chi connectivity index (χ0) is 25.8.